The van der Waals surface area contributed by atoms with E-state index in [1.54, 1.807) is 0 Å². The van der Waals surface area contributed by atoms with E-state index in [1.165, 1.54) is 30.8 Å². The zero-order valence-corrected chi connectivity index (χ0v) is 12.6. The van der Waals surface area contributed by atoms with Crippen LogP contribution in [0.1, 0.15) is 56.5 Å². The van der Waals surface area contributed by atoms with Gasteiger partial charge in [0.1, 0.15) is 5.82 Å². The van der Waals surface area contributed by atoms with Crippen molar-refractivity contribution in [1.82, 2.24) is 14.5 Å². The molecule has 20 heavy (non-hydrogen) atoms. The fourth-order valence-electron chi connectivity index (χ4n) is 3.31. The van der Waals surface area contributed by atoms with Crippen LogP contribution in [0.4, 0.5) is 0 Å². The predicted octanol–water partition coefficient (Wildman–Crippen LogP) is 2.72. The molecule has 0 aromatic carbocycles. The van der Waals surface area contributed by atoms with Crippen molar-refractivity contribution in [2.45, 2.75) is 58.4 Å². The van der Waals surface area contributed by atoms with Gasteiger partial charge in [-0.3, -0.25) is 4.79 Å². The van der Waals surface area contributed by atoms with E-state index < -0.39 is 0 Å². The molecule has 1 aliphatic heterocycles. The van der Waals surface area contributed by atoms with Gasteiger partial charge < -0.3 is 9.47 Å². The SMILES string of the molecule is CCC(=O)N1CCCC(Cn2c(C)cnc2C2CC2)C1. The molecule has 1 saturated heterocycles. The minimum absolute atomic E-state index is 0.305. The maximum atomic E-state index is 11.9. The molecule has 0 radical (unpaired) electrons. The Labute approximate surface area is 121 Å². The monoisotopic (exact) mass is 275 g/mol. The van der Waals surface area contributed by atoms with Gasteiger partial charge in [0.15, 0.2) is 0 Å². The molecule has 0 N–H and O–H groups in total. The number of carbonyl (C=O) groups is 1. The lowest BCUT2D eigenvalue weighted by Gasteiger charge is -2.33. The van der Waals surface area contributed by atoms with Crippen LogP contribution < -0.4 is 0 Å². The van der Waals surface area contributed by atoms with Crippen molar-refractivity contribution >= 4 is 5.91 Å². The number of nitrogens with zero attached hydrogens (tertiary/aromatic N) is 3. The minimum atomic E-state index is 0.305. The average Bonchev–Trinajstić information content (AvgIpc) is 3.25. The summed E-state index contributed by atoms with van der Waals surface area (Å²) < 4.78 is 2.41. The van der Waals surface area contributed by atoms with E-state index in [-0.39, 0.29) is 0 Å². The number of imidazole rings is 1. The second-order valence-corrected chi connectivity index (χ2v) is 6.34. The van der Waals surface area contributed by atoms with E-state index in [4.69, 9.17) is 0 Å². The van der Waals surface area contributed by atoms with Crippen LogP contribution in [0.3, 0.4) is 0 Å². The van der Waals surface area contributed by atoms with Crippen molar-refractivity contribution in [3.8, 4) is 0 Å². The van der Waals surface area contributed by atoms with Crippen molar-refractivity contribution in [3.63, 3.8) is 0 Å². The lowest BCUT2D eigenvalue weighted by Crippen LogP contribution is -2.40. The Morgan fingerprint density at radius 1 is 1.40 bits per heavy atom. The molecule has 1 aromatic heterocycles. The molecule has 2 heterocycles. The van der Waals surface area contributed by atoms with Crippen LogP contribution in [-0.4, -0.2) is 33.4 Å². The lowest BCUT2D eigenvalue weighted by atomic mass is 9.97. The molecule has 0 spiro atoms. The maximum absolute atomic E-state index is 11.9. The Hall–Kier alpha value is -1.32. The number of aromatic nitrogens is 2. The topological polar surface area (TPSA) is 38.1 Å². The summed E-state index contributed by atoms with van der Waals surface area (Å²) in [5.74, 6) is 2.87. The van der Waals surface area contributed by atoms with E-state index in [0.29, 0.717) is 24.2 Å². The van der Waals surface area contributed by atoms with Crippen molar-refractivity contribution < 1.29 is 4.79 Å². The molecule has 1 atom stereocenters. The van der Waals surface area contributed by atoms with E-state index in [9.17, 15) is 4.79 Å². The summed E-state index contributed by atoms with van der Waals surface area (Å²) >= 11 is 0. The van der Waals surface area contributed by atoms with Gasteiger partial charge in [-0.2, -0.15) is 0 Å². The number of amides is 1. The molecule has 1 aromatic rings. The van der Waals surface area contributed by atoms with Crippen LogP contribution in [-0.2, 0) is 11.3 Å². The smallest absolute Gasteiger partial charge is 0.222 e. The fraction of sp³-hybridized carbons (Fsp3) is 0.750. The van der Waals surface area contributed by atoms with Crippen molar-refractivity contribution in [1.29, 1.82) is 0 Å². The summed E-state index contributed by atoms with van der Waals surface area (Å²) in [5.41, 5.74) is 1.27. The third-order valence-electron chi connectivity index (χ3n) is 4.64. The molecule has 2 aliphatic rings. The maximum Gasteiger partial charge on any atom is 0.222 e. The molecule has 1 saturated carbocycles. The predicted molar refractivity (Wildman–Crippen MR) is 78.5 cm³/mol. The molecule has 4 nitrogen and oxygen atoms in total. The largest absolute Gasteiger partial charge is 0.342 e. The van der Waals surface area contributed by atoms with Gasteiger partial charge in [0, 0.05) is 43.9 Å². The first-order valence-electron chi connectivity index (χ1n) is 7.98. The summed E-state index contributed by atoms with van der Waals surface area (Å²) in [5, 5.41) is 0. The molecular weight excluding hydrogens is 250 g/mol. The molecule has 110 valence electrons. The van der Waals surface area contributed by atoms with Gasteiger partial charge >= 0.3 is 0 Å². The van der Waals surface area contributed by atoms with Gasteiger partial charge in [-0.05, 0) is 38.5 Å². The first-order valence-corrected chi connectivity index (χ1v) is 7.98. The van der Waals surface area contributed by atoms with Gasteiger partial charge in [0.2, 0.25) is 5.91 Å². The van der Waals surface area contributed by atoms with Crippen LogP contribution >= 0.6 is 0 Å². The lowest BCUT2D eigenvalue weighted by molar-refractivity contribution is -0.132. The Morgan fingerprint density at radius 3 is 2.90 bits per heavy atom. The average molecular weight is 275 g/mol. The normalized spacial score (nSPS) is 23.1. The molecular formula is C16H25N3O. The van der Waals surface area contributed by atoms with Crippen molar-refractivity contribution in [3.05, 3.63) is 17.7 Å². The van der Waals surface area contributed by atoms with Crippen LogP contribution in [0, 0.1) is 12.8 Å². The Kier molecular flexibility index (Phi) is 3.81. The van der Waals surface area contributed by atoms with Crippen LogP contribution in [0.5, 0.6) is 0 Å². The Balaban J connectivity index is 1.68. The molecule has 2 fully saturated rings. The number of piperidine rings is 1. The third kappa shape index (κ3) is 2.74. The van der Waals surface area contributed by atoms with Gasteiger partial charge in [-0.25, -0.2) is 4.98 Å². The molecule has 1 unspecified atom stereocenters. The highest BCUT2D eigenvalue weighted by Gasteiger charge is 2.30. The first kappa shape index (κ1) is 13.7. The van der Waals surface area contributed by atoms with E-state index >= 15 is 0 Å². The number of hydrogen-bond donors (Lipinski definition) is 0. The zero-order valence-electron chi connectivity index (χ0n) is 12.6. The fourth-order valence-corrected chi connectivity index (χ4v) is 3.31. The highest BCUT2D eigenvalue weighted by molar-refractivity contribution is 5.75. The number of likely N-dealkylation sites (tertiary alicyclic amines) is 1. The Morgan fingerprint density at radius 2 is 2.20 bits per heavy atom. The zero-order chi connectivity index (χ0) is 14.1. The van der Waals surface area contributed by atoms with E-state index in [2.05, 4.69) is 21.4 Å². The summed E-state index contributed by atoms with van der Waals surface area (Å²) in [6, 6.07) is 0. The highest BCUT2D eigenvalue weighted by Crippen LogP contribution is 2.39. The van der Waals surface area contributed by atoms with Crippen molar-refractivity contribution in [2.75, 3.05) is 13.1 Å². The number of carbonyl (C=O) groups excluding carboxylic acids is 1. The molecule has 4 heteroatoms. The minimum Gasteiger partial charge on any atom is -0.342 e. The summed E-state index contributed by atoms with van der Waals surface area (Å²) in [4.78, 5) is 18.5. The molecule has 1 amide bonds. The van der Waals surface area contributed by atoms with Gasteiger partial charge in [-0.1, -0.05) is 6.92 Å². The van der Waals surface area contributed by atoms with Crippen LogP contribution in [0.2, 0.25) is 0 Å². The quantitative estimate of drug-likeness (QED) is 0.847. The number of hydrogen-bond acceptors (Lipinski definition) is 2. The second kappa shape index (κ2) is 5.58. The molecule has 0 bridgehead atoms. The van der Waals surface area contributed by atoms with E-state index in [0.717, 1.165) is 26.1 Å². The third-order valence-corrected chi connectivity index (χ3v) is 4.64. The standard InChI is InChI=1S/C16H25N3O/c1-3-15(20)18-8-4-5-13(10-18)11-19-12(2)9-17-16(19)14-6-7-14/h9,13-14H,3-8,10-11H2,1-2H3. The molecule has 1 aliphatic carbocycles. The summed E-state index contributed by atoms with van der Waals surface area (Å²) in [6.07, 6.45) is 7.59. The van der Waals surface area contributed by atoms with Crippen molar-refractivity contribution in [2.24, 2.45) is 5.92 Å². The van der Waals surface area contributed by atoms with Crippen LogP contribution in [0.15, 0.2) is 6.20 Å². The Bertz CT molecular complexity index is 490. The summed E-state index contributed by atoms with van der Waals surface area (Å²) in [7, 11) is 0. The molecule has 3 rings (SSSR count). The van der Waals surface area contributed by atoms with Gasteiger partial charge in [0.05, 0.1) is 0 Å². The summed E-state index contributed by atoms with van der Waals surface area (Å²) in [6.45, 7) is 7.01. The first-order chi connectivity index (χ1) is 9.69. The second-order valence-electron chi connectivity index (χ2n) is 6.34. The van der Waals surface area contributed by atoms with E-state index in [1.807, 2.05) is 13.1 Å². The van der Waals surface area contributed by atoms with Gasteiger partial charge in [0.25, 0.3) is 0 Å². The number of rotatable bonds is 4. The number of aryl methyl sites for hydroxylation is 1. The van der Waals surface area contributed by atoms with Crippen LogP contribution in [0.25, 0.3) is 0 Å². The highest BCUT2D eigenvalue weighted by atomic mass is 16.2. The van der Waals surface area contributed by atoms with Gasteiger partial charge in [-0.15, -0.1) is 0 Å².